The highest BCUT2D eigenvalue weighted by atomic mass is 127. The zero-order valence-corrected chi connectivity index (χ0v) is 16.5. The molecule has 138 valence electrons. The van der Waals surface area contributed by atoms with Crippen LogP contribution in [0.4, 0.5) is 11.4 Å². The molecule has 0 bridgehead atoms. The van der Waals surface area contributed by atoms with E-state index in [9.17, 15) is 10.1 Å². The third-order valence-corrected chi connectivity index (χ3v) is 4.44. The van der Waals surface area contributed by atoms with Gasteiger partial charge < -0.3 is 15.4 Å². The standard InChI is InChI=1S/C18H16IN5O3/c1-11-16(24(25)26)17(21-13-7-9-15(27-2)10-8-13)23-18(20-11)22-14-5-3-12(19)4-6-14/h3-10,16H,1H2,2H3,(H2,20,21,22,23). The molecule has 8 nitrogen and oxygen atoms in total. The second-order valence-corrected chi connectivity index (χ2v) is 6.85. The number of aliphatic imine (C=N–C) groups is 2. The fraction of sp³-hybridized carbons (Fsp3) is 0.111. The summed E-state index contributed by atoms with van der Waals surface area (Å²) in [5.74, 6) is 1.05. The summed E-state index contributed by atoms with van der Waals surface area (Å²) in [5, 5.41) is 17.3. The Hall–Kier alpha value is -2.95. The summed E-state index contributed by atoms with van der Waals surface area (Å²) in [7, 11) is 1.57. The Morgan fingerprint density at radius 2 is 1.93 bits per heavy atom. The van der Waals surface area contributed by atoms with Crippen molar-refractivity contribution in [3.8, 4) is 5.75 Å². The summed E-state index contributed by atoms with van der Waals surface area (Å²) in [4.78, 5) is 19.7. The van der Waals surface area contributed by atoms with Gasteiger partial charge in [0.1, 0.15) is 5.75 Å². The van der Waals surface area contributed by atoms with Gasteiger partial charge in [0.05, 0.1) is 18.5 Å². The van der Waals surface area contributed by atoms with Crippen LogP contribution in [0.3, 0.4) is 0 Å². The number of benzene rings is 2. The van der Waals surface area contributed by atoms with Gasteiger partial charge in [-0.2, -0.15) is 4.99 Å². The number of guanidine groups is 1. The van der Waals surface area contributed by atoms with Gasteiger partial charge in [-0.05, 0) is 71.1 Å². The molecule has 1 atom stereocenters. The first kappa shape index (κ1) is 18.8. The number of rotatable bonds is 4. The van der Waals surface area contributed by atoms with E-state index in [-0.39, 0.29) is 17.5 Å². The van der Waals surface area contributed by atoms with Crippen LogP contribution in [0.15, 0.2) is 70.8 Å². The zero-order chi connectivity index (χ0) is 19.4. The summed E-state index contributed by atoms with van der Waals surface area (Å²) < 4.78 is 6.20. The van der Waals surface area contributed by atoms with E-state index in [1.165, 1.54) is 0 Å². The largest absolute Gasteiger partial charge is 0.497 e. The molecule has 0 fully saturated rings. The normalized spacial score (nSPS) is 17.9. The number of nitrogens with one attached hydrogen (secondary N) is 2. The minimum atomic E-state index is -1.21. The number of nitrogens with zero attached hydrogens (tertiary/aromatic N) is 3. The van der Waals surface area contributed by atoms with E-state index in [4.69, 9.17) is 4.74 Å². The molecule has 2 aromatic rings. The number of halogens is 1. The maximum atomic E-state index is 11.5. The van der Waals surface area contributed by atoms with Gasteiger partial charge in [0.15, 0.2) is 5.84 Å². The van der Waals surface area contributed by atoms with Gasteiger partial charge in [0.25, 0.3) is 0 Å². The van der Waals surface area contributed by atoms with Gasteiger partial charge in [-0.1, -0.05) is 6.58 Å². The number of nitro groups is 1. The molecule has 27 heavy (non-hydrogen) atoms. The number of hydrogen-bond donors (Lipinski definition) is 2. The Kier molecular flexibility index (Phi) is 5.69. The Morgan fingerprint density at radius 3 is 2.52 bits per heavy atom. The molecule has 0 aliphatic carbocycles. The van der Waals surface area contributed by atoms with Crippen LogP contribution in [0.25, 0.3) is 0 Å². The van der Waals surface area contributed by atoms with E-state index >= 15 is 0 Å². The van der Waals surface area contributed by atoms with E-state index in [2.05, 4.69) is 49.8 Å². The van der Waals surface area contributed by atoms with E-state index in [0.29, 0.717) is 17.1 Å². The average Bonchev–Trinajstić information content (AvgIpc) is 2.63. The fourth-order valence-electron chi connectivity index (χ4n) is 2.42. The summed E-state index contributed by atoms with van der Waals surface area (Å²) in [6.45, 7) is 3.77. The van der Waals surface area contributed by atoms with E-state index in [1.807, 2.05) is 24.3 Å². The Labute approximate surface area is 169 Å². The van der Waals surface area contributed by atoms with Crippen LogP contribution in [-0.2, 0) is 0 Å². The molecule has 0 saturated carbocycles. The molecule has 0 radical (unpaired) electrons. The van der Waals surface area contributed by atoms with Gasteiger partial charge in [-0.15, -0.1) is 0 Å². The predicted molar refractivity (Wildman–Crippen MR) is 113 cm³/mol. The third kappa shape index (κ3) is 4.61. The summed E-state index contributed by atoms with van der Waals surface area (Å²) in [6, 6.07) is 13.3. The molecular weight excluding hydrogens is 461 g/mol. The molecule has 0 amide bonds. The van der Waals surface area contributed by atoms with Crippen molar-refractivity contribution >= 4 is 45.8 Å². The van der Waals surface area contributed by atoms with Crippen molar-refractivity contribution in [3.63, 3.8) is 0 Å². The van der Waals surface area contributed by atoms with Crippen LogP contribution >= 0.6 is 22.6 Å². The lowest BCUT2D eigenvalue weighted by atomic mass is 10.1. The lowest BCUT2D eigenvalue weighted by Gasteiger charge is -2.22. The van der Waals surface area contributed by atoms with Crippen molar-refractivity contribution in [2.24, 2.45) is 9.98 Å². The number of hydrogen-bond acceptors (Lipinski definition) is 5. The van der Waals surface area contributed by atoms with Gasteiger partial charge in [-0.25, -0.2) is 4.99 Å². The van der Waals surface area contributed by atoms with Crippen LogP contribution in [0, 0.1) is 13.7 Å². The molecular formula is C18H16IN5O3. The number of amidine groups is 1. The summed E-state index contributed by atoms with van der Waals surface area (Å²) in [5.41, 5.74) is 1.51. The van der Waals surface area contributed by atoms with Crippen LogP contribution in [-0.4, -0.2) is 29.9 Å². The van der Waals surface area contributed by atoms with E-state index < -0.39 is 11.0 Å². The molecule has 2 aromatic carbocycles. The molecule has 9 heteroatoms. The quantitative estimate of drug-likeness (QED) is 0.399. The number of ether oxygens (including phenoxy) is 1. The topological polar surface area (TPSA) is 101 Å². The molecule has 0 aromatic heterocycles. The van der Waals surface area contributed by atoms with Crippen LogP contribution in [0.1, 0.15) is 0 Å². The molecule has 0 spiro atoms. The SMILES string of the molecule is C=C1NC(=Nc2ccc(I)cc2)N=C(Nc2ccc(OC)cc2)C1[N+](=O)[O-]. The van der Waals surface area contributed by atoms with Gasteiger partial charge >= 0.3 is 6.04 Å². The minimum Gasteiger partial charge on any atom is -0.497 e. The fourth-order valence-corrected chi connectivity index (χ4v) is 2.78. The lowest BCUT2D eigenvalue weighted by molar-refractivity contribution is -0.493. The van der Waals surface area contributed by atoms with Crippen LogP contribution in [0.5, 0.6) is 5.75 Å². The van der Waals surface area contributed by atoms with Crippen molar-refractivity contribution in [3.05, 3.63) is 74.5 Å². The summed E-state index contributed by atoms with van der Waals surface area (Å²) >= 11 is 2.20. The van der Waals surface area contributed by atoms with Crippen molar-refractivity contribution in [2.45, 2.75) is 6.04 Å². The van der Waals surface area contributed by atoms with Crippen molar-refractivity contribution in [1.82, 2.24) is 5.32 Å². The van der Waals surface area contributed by atoms with Crippen molar-refractivity contribution < 1.29 is 9.66 Å². The second-order valence-electron chi connectivity index (χ2n) is 5.60. The van der Waals surface area contributed by atoms with Crippen molar-refractivity contribution in [1.29, 1.82) is 0 Å². The monoisotopic (exact) mass is 477 g/mol. The molecule has 1 aliphatic heterocycles. The van der Waals surface area contributed by atoms with Crippen molar-refractivity contribution in [2.75, 3.05) is 12.4 Å². The van der Waals surface area contributed by atoms with E-state index in [1.54, 1.807) is 31.4 Å². The molecule has 3 rings (SSSR count). The first-order chi connectivity index (χ1) is 13.0. The predicted octanol–water partition coefficient (Wildman–Crippen LogP) is 3.56. The Morgan fingerprint density at radius 1 is 1.26 bits per heavy atom. The van der Waals surface area contributed by atoms with E-state index in [0.717, 1.165) is 3.57 Å². The average molecular weight is 477 g/mol. The first-order valence-electron chi connectivity index (χ1n) is 7.89. The lowest BCUT2D eigenvalue weighted by Crippen LogP contribution is -2.46. The maximum absolute atomic E-state index is 11.5. The molecule has 1 heterocycles. The third-order valence-electron chi connectivity index (χ3n) is 3.72. The second kappa shape index (κ2) is 8.16. The highest BCUT2D eigenvalue weighted by Gasteiger charge is 2.35. The van der Waals surface area contributed by atoms with Gasteiger partial charge in [0.2, 0.25) is 5.96 Å². The molecule has 2 N–H and O–H groups in total. The Balaban J connectivity index is 1.93. The highest BCUT2D eigenvalue weighted by molar-refractivity contribution is 14.1. The molecule has 1 unspecified atom stereocenters. The number of methoxy groups -OCH3 is 1. The highest BCUT2D eigenvalue weighted by Crippen LogP contribution is 2.20. The molecule has 1 aliphatic rings. The first-order valence-corrected chi connectivity index (χ1v) is 8.97. The smallest absolute Gasteiger partial charge is 0.308 e. The summed E-state index contributed by atoms with van der Waals surface area (Å²) in [6.07, 6.45) is 0. The maximum Gasteiger partial charge on any atom is 0.308 e. The van der Waals surface area contributed by atoms with Gasteiger partial charge in [0, 0.05) is 14.2 Å². The van der Waals surface area contributed by atoms with Crippen LogP contribution < -0.4 is 15.4 Å². The molecule has 0 saturated heterocycles. The zero-order valence-electron chi connectivity index (χ0n) is 14.3. The van der Waals surface area contributed by atoms with Crippen LogP contribution in [0.2, 0.25) is 0 Å². The number of anilines is 1. The minimum absolute atomic E-state index is 0.137. The van der Waals surface area contributed by atoms with Gasteiger partial charge in [-0.3, -0.25) is 10.1 Å². The Bertz CT molecular complexity index is 923.